The second kappa shape index (κ2) is 8.66. The van der Waals surface area contributed by atoms with Gasteiger partial charge in [0.1, 0.15) is 16.7 Å². The largest absolute Gasteiger partial charge is 0.496 e. The SMILES string of the molecule is COc1ccccc1[C@@H](c1cc2cccnc2s1)C1CCOc2cc(S(N)(=O)=O)ccc2O1. The lowest BCUT2D eigenvalue weighted by Gasteiger charge is -2.27. The third-order valence-electron chi connectivity index (χ3n) is 5.65. The van der Waals surface area contributed by atoms with Gasteiger partial charge in [-0.1, -0.05) is 24.3 Å². The molecular weight excluding hydrogens is 460 g/mol. The minimum atomic E-state index is -3.85. The van der Waals surface area contributed by atoms with E-state index >= 15 is 0 Å². The van der Waals surface area contributed by atoms with E-state index in [4.69, 9.17) is 19.3 Å². The molecule has 1 aliphatic heterocycles. The summed E-state index contributed by atoms with van der Waals surface area (Å²) in [6.45, 7) is 0.362. The first-order chi connectivity index (χ1) is 15.9. The van der Waals surface area contributed by atoms with Crippen LogP contribution in [0.5, 0.6) is 17.2 Å². The van der Waals surface area contributed by atoms with Crippen molar-refractivity contribution in [2.75, 3.05) is 13.7 Å². The number of pyridine rings is 1. The zero-order valence-corrected chi connectivity index (χ0v) is 19.4. The van der Waals surface area contributed by atoms with Crippen LogP contribution in [0, 0.1) is 0 Å². The van der Waals surface area contributed by atoms with Crippen molar-refractivity contribution < 1.29 is 22.6 Å². The Morgan fingerprint density at radius 1 is 1.12 bits per heavy atom. The molecular formula is C24H22N2O5S2. The average molecular weight is 483 g/mol. The van der Waals surface area contributed by atoms with Gasteiger partial charge in [0, 0.05) is 34.5 Å². The third-order valence-corrected chi connectivity index (χ3v) is 7.70. The van der Waals surface area contributed by atoms with Gasteiger partial charge in [0.25, 0.3) is 0 Å². The zero-order chi connectivity index (χ0) is 23.0. The molecule has 0 amide bonds. The number of aromatic nitrogens is 1. The molecule has 9 heteroatoms. The van der Waals surface area contributed by atoms with E-state index in [0.29, 0.717) is 24.5 Å². The number of primary sulfonamides is 1. The molecule has 2 atom stereocenters. The third kappa shape index (κ3) is 4.27. The number of nitrogens with two attached hydrogens (primary N) is 1. The molecule has 0 radical (unpaired) electrons. The predicted molar refractivity (Wildman–Crippen MR) is 127 cm³/mol. The Balaban J connectivity index is 1.61. The Hall–Kier alpha value is -3.14. The molecule has 0 bridgehead atoms. The summed E-state index contributed by atoms with van der Waals surface area (Å²) in [5.74, 6) is 1.46. The van der Waals surface area contributed by atoms with E-state index in [1.807, 2.05) is 36.4 Å². The number of rotatable bonds is 5. The maximum absolute atomic E-state index is 11.8. The predicted octanol–water partition coefficient (Wildman–Crippen LogP) is 4.31. The van der Waals surface area contributed by atoms with E-state index in [0.717, 1.165) is 26.4 Å². The molecule has 0 saturated heterocycles. The number of nitrogens with zero attached hydrogens (tertiary/aromatic N) is 1. The summed E-state index contributed by atoms with van der Waals surface area (Å²) in [6.07, 6.45) is 2.09. The summed E-state index contributed by atoms with van der Waals surface area (Å²) < 4.78 is 41.5. The van der Waals surface area contributed by atoms with Crippen LogP contribution < -0.4 is 19.3 Å². The van der Waals surface area contributed by atoms with Gasteiger partial charge >= 0.3 is 0 Å². The summed E-state index contributed by atoms with van der Waals surface area (Å²) in [4.78, 5) is 6.55. The number of para-hydroxylation sites is 1. The van der Waals surface area contributed by atoms with E-state index in [1.165, 1.54) is 12.1 Å². The number of methoxy groups -OCH3 is 1. The number of hydrogen-bond donors (Lipinski definition) is 1. The second-order valence-electron chi connectivity index (χ2n) is 7.71. The highest BCUT2D eigenvalue weighted by Gasteiger charge is 2.33. The smallest absolute Gasteiger partial charge is 0.238 e. The van der Waals surface area contributed by atoms with Crippen molar-refractivity contribution in [1.82, 2.24) is 4.98 Å². The highest BCUT2D eigenvalue weighted by molar-refractivity contribution is 7.89. The Bertz CT molecular complexity index is 1380. The van der Waals surface area contributed by atoms with Gasteiger partial charge in [0.15, 0.2) is 11.5 Å². The van der Waals surface area contributed by atoms with Crippen molar-refractivity contribution in [2.45, 2.75) is 23.3 Å². The van der Waals surface area contributed by atoms with Crippen molar-refractivity contribution >= 4 is 31.6 Å². The molecule has 2 N–H and O–H groups in total. The first-order valence-electron chi connectivity index (χ1n) is 10.4. The summed E-state index contributed by atoms with van der Waals surface area (Å²) in [5.41, 5.74) is 1.00. The van der Waals surface area contributed by atoms with Crippen LogP contribution in [-0.2, 0) is 10.0 Å². The van der Waals surface area contributed by atoms with Gasteiger partial charge in [-0.2, -0.15) is 0 Å². The lowest BCUT2D eigenvalue weighted by atomic mass is 9.89. The number of thiophene rings is 1. The van der Waals surface area contributed by atoms with Gasteiger partial charge in [-0.05, 0) is 30.3 Å². The fourth-order valence-corrected chi connectivity index (χ4v) is 5.83. The summed E-state index contributed by atoms with van der Waals surface area (Å²) >= 11 is 1.62. The van der Waals surface area contributed by atoms with Gasteiger partial charge in [-0.15, -0.1) is 11.3 Å². The molecule has 7 nitrogen and oxygen atoms in total. The molecule has 0 saturated carbocycles. The summed E-state index contributed by atoms with van der Waals surface area (Å²) in [5, 5.41) is 6.35. The molecule has 0 aliphatic carbocycles. The van der Waals surface area contributed by atoms with Crippen LogP contribution in [0.2, 0.25) is 0 Å². The maximum atomic E-state index is 11.8. The van der Waals surface area contributed by atoms with E-state index in [2.05, 4.69) is 11.1 Å². The molecule has 1 aliphatic rings. The quantitative estimate of drug-likeness (QED) is 0.455. The van der Waals surface area contributed by atoms with Crippen LogP contribution in [-0.4, -0.2) is 33.2 Å². The lowest BCUT2D eigenvalue weighted by molar-refractivity contribution is 0.173. The molecule has 4 aromatic rings. The molecule has 2 aromatic carbocycles. The highest BCUT2D eigenvalue weighted by atomic mass is 32.2. The normalized spacial score (nSPS) is 16.8. The number of sulfonamides is 1. The first kappa shape index (κ1) is 21.7. The molecule has 170 valence electrons. The second-order valence-corrected chi connectivity index (χ2v) is 10.3. The van der Waals surface area contributed by atoms with Crippen molar-refractivity contribution in [1.29, 1.82) is 0 Å². The van der Waals surface area contributed by atoms with Crippen LogP contribution in [0.25, 0.3) is 10.2 Å². The molecule has 3 heterocycles. The molecule has 1 unspecified atom stereocenters. The van der Waals surface area contributed by atoms with Crippen LogP contribution in [0.3, 0.4) is 0 Å². The monoisotopic (exact) mass is 482 g/mol. The first-order valence-corrected chi connectivity index (χ1v) is 12.7. The van der Waals surface area contributed by atoms with Gasteiger partial charge < -0.3 is 14.2 Å². The Labute approximate surface area is 195 Å². The fourth-order valence-electron chi connectivity index (χ4n) is 4.12. The standard InChI is InChI=1S/C24H22N2O5S2/c1-29-18-7-3-2-6-17(18)23(22-13-15-5-4-11-26-24(15)32-22)20-10-12-30-21-14-16(33(25,27)28)8-9-19(21)31-20/h2-9,11,13-14,20,23H,10,12H2,1H3,(H2,25,27,28)/t20?,23-/m1/s1. The zero-order valence-electron chi connectivity index (χ0n) is 17.8. The van der Waals surface area contributed by atoms with Crippen molar-refractivity contribution in [3.8, 4) is 17.2 Å². The number of benzene rings is 2. The number of hydrogen-bond acceptors (Lipinski definition) is 7. The van der Waals surface area contributed by atoms with E-state index in [9.17, 15) is 8.42 Å². The van der Waals surface area contributed by atoms with Gasteiger partial charge in [-0.3, -0.25) is 0 Å². The van der Waals surface area contributed by atoms with E-state index in [-0.39, 0.29) is 16.9 Å². The van der Waals surface area contributed by atoms with Gasteiger partial charge in [-0.25, -0.2) is 18.5 Å². The van der Waals surface area contributed by atoms with Crippen molar-refractivity contribution in [3.63, 3.8) is 0 Å². The Morgan fingerprint density at radius 3 is 2.76 bits per heavy atom. The summed E-state index contributed by atoms with van der Waals surface area (Å²) in [6, 6.07) is 18.5. The van der Waals surface area contributed by atoms with E-state index in [1.54, 1.807) is 30.7 Å². The Kier molecular flexibility index (Phi) is 5.69. The molecule has 33 heavy (non-hydrogen) atoms. The maximum Gasteiger partial charge on any atom is 0.238 e. The highest BCUT2D eigenvalue weighted by Crippen LogP contribution is 2.44. The van der Waals surface area contributed by atoms with Crippen molar-refractivity contribution in [2.24, 2.45) is 5.14 Å². The molecule has 2 aromatic heterocycles. The Morgan fingerprint density at radius 2 is 1.97 bits per heavy atom. The molecule has 5 rings (SSSR count). The van der Waals surface area contributed by atoms with Gasteiger partial charge in [0.05, 0.1) is 24.5 Å². The van der Waals surface area contributed by atoms with Crippen LogP contribution in [0.15, 0.2) is 71.8 Å². The molecule has 0 fully saturated rings. The molecule has 0 spiro atoms. The number of fused-ring (bicyclic) bond motifs is 2. The van der Waals surface area contributed by atoms with Crippen LogP contribution in [0.4, 0.5) is 0 Å². The topological polar surface area (TPSA) is 101 Å². The van der Waals surface area contributed by atoms with Crippen LogP contribution >= 0.6 is 11.3 Å². The average Bonchev–Trinajstić information content (AvgIpc) is 3.11. The minimum Gasteiger partial charge on any atom is -0.496 e. The minimum absolute atomic E-state index is 0.0137. The van der Waals surface area contributed by atoms with Gasteiger partial charge in [0.2, 0.25) is 10.0 Å². The lowest BCUT2D eigenvalue weighted by Crippen LogP contribution is -2.26. The fraction of sp³-hybridized carbons (Fsp3) is 0.208. The van der Waals surface area contributed by atoms with Crippen molar-refractivity contribution in [3.05, 3.63) is 77.3 Å². The summed E-state index contributed by atoms with van der Waals surface area (Å²) in [7, 11) is -2.19. The number of ether oxygens (including phenoxy) is 3. The van der Waals surface area contributed by atoms with E-state index < -0.39 is 10.0 Å². The van der Waals surface area contributed by atoms with Crippen LogP contribution in [0.1, 0.15) is 22.8 Å².